The minimum atomic E-state index is 0.225. The first kappa shape index (κ1) is 14.1. The maximum absolute atomic E-state index is 12.7. The molecule has 1 aliphatic rings. The lowest BCUT2D eigenvalue weighted by Gasteiger charge is -2.17. The number of hydrogen-bond acceptors (Lipinski definition) is 1. The third kappa shape index (κ3) is 2.65. The van der Waals surface area contributed by atoms with Crippen LogP contribution in [-0.4, -0.2) is 5.78 Å². The first-order valence-corrected chi connectivity index (χ1v) is 7.97. The van der Waals surface area contributed by atoms with Crippen molar-refractivity contribution >= 4 is 22.6 Å². The molecule has 1 heteroatoms. The molecular formula is C20H22O. The first-order valence-electron chi connectivity index (χ1n) is 7.97. The molecule has 0 heterocycles. The highest BCUT2D eigenvalue weighted by atomic mass is 16.1. The van der Waals surface area contributed by atoms with E-state index in [1.54, 1.807) is 0 Å². The van der Waals surface area contributed by atoms with Crippen LogP contribution in [0.25, 0.3) is 16.8 Å². The molecule has 108 valence electrons. The van der Waals surface area contributed by atoms with E-state index in [0.717, 1.165) is 40.7 Å². The van der Waals surface area contributed by atoms with Gasteiger partial charge in [-0.1, -0.05) is 63.1 Å². The Bertz CT molecular complexity index is 704. The summed E-state index contributed by atoms with van der Waals surface area (Å²) in [6.45, 7) is 4.51. The smallest absolute Gasteiger partial charge is 0.189 e. The van der Waals surface area contributed by atoms with Crippen molar-refractivity contribution in [3.8, 4) is 0 Å². The van der Waals surface area contributed by atoms with Crippen LogP contribution >= 0.6 is 0 Å². The molecule has 0 aliphatic heterocycles. The summed E-state index contributed by atoms with van der Waals surface area (Å²) in [6, 6.07) is 12.3. The Morgan fingerprint density at radius 3 is 2.62 bits per heavy atom. The van der Waals surface area contributed by atoms with Crippen LogP contribution in [-0.2, 0) is 0 Å². The van der Waals surface area contributed by atoms with Gasteiger partial charge in [-0.15, -0.1) is 0 Å². The number of Topliss-reactive ketones (excluding diaryl/α,β-unsaturated/α-hetero) is 1. The topological polar surface area (TPSA) is 17.1 Å². The normalized spacial score (nSPS) is 15.1. The molecule has 0 saturated heterocycles. The van der Waals surface area contributed by atoms with Crippen molar-refractivity contribution in [3.05, 3.63) is 53.1 Å². The summed E-state index contributed by atoms with van der Waals surface area (Å²) in [6.07, 6.45) is 6.52. The van der Waals surface area contributed by atoms with E-state index in [2.05, 4.69) is 44.2 Å². The van der Waals surface area contributed by atoms with Gasteiger partial charge in [0.2, 0.25) is 0 Å². The van der Waals surface area contributed by atoms with Crippen molar-refractivity contribution in [2.75, 3.05) is 0 Å². The van der Waals surface area contributed by atoms with Gasteiger partial charge < -0.3 is 0 Å². The molecule has 2 aromatic rings. The lowest BCUT2D eigenvalue weighted by atomic mass is 9.85. The summed E-state index contributed by atoms with van der Waals surface area (Å²) < 4.78 is 0. The summed E-state index contributed by atoms with van der Waals surface area (Å²) in [5.41, 5.74) is 3.05. The van der Waals surface area contributed by atoms with Gasteiger partial charge in [0.1, 0.15) is 0 Å². The molecule has 2 aromatic carbocycles. The van der Waals surface area contributed by atoms with E-state index in [-0.39, 0.29) is 5.78 Å². The van der Waals surface area contributed by atoms with Gasteiger partial charge in [-0.2, -0.15) is 0 Å². The highest BCUT2D eigenvalue weighted by Crippen LogP contribution is 2.33. The van der Waals surface area contributed by atoms with Crippen molar-refractivity contribution in [1.29, 1.82) is 0 Å². The second-order valence-electron chi connectivity index (χ2n) is 6.16. The summed E-state index contributed by atoms with van der Waals surface area (Å²) in [4.78, 5) is 12.7. The highest BCUT2D eigenvalue weighted by molar-refractivity contribution is 6.22. The van der Waals surface area contributed by atoms with Gasteiger partial charge in [-0.05, 0) is 35.8 Å². The zero-order chi connectivity index (χ0) is 14.8. The number of rotatable bonds is 5. The van der Waals surface area contributed by atoms with Crippen molar-refractivity contribution in [2.24, 2.45) is 5.92 Å². The molecule has 0 N–H and O–H groups in total. The SMILES string of the molecule is CCC(C)CCCC1=Cc2cccc3cccc(c23)C1=O. The maximum atomic E-state index is 12.7. The fraction of sp³-hybridized carbons (Fsp3) is 0.350. The average molecular weight is 278 g/mol. The third-order valence-corrected chi connectivity index (χ3v) is 4.64. The van der Waals surface area contributed by atoms with E-state index in [1.807, 2.05) is 12.1 Å². The van der Waals surface area contributed by atoms with Gasteiger partial charge in [0.15, 0.2) is 5.78 Å². The minimum absolute atomic E-state index is 0.225. The van der Waals surface area contributed by atoms with Gasteiger partial charge in [0.05, 0.1) is 0 Å². The fourth-order valence-electron chi connectivity index (χ4n) is 3.14. The van der Waals surface area contributed by atoms with Crippen molar-refractivity contribution in [1.82, 2.24) is 0 Å². The standard InChI is InChI=1S/C20H22O/c1-3-14(2)7-4-11-17-13-16-10-5-8-15-9-6-12-18(19(15)16)20(17)21/h5-6,8-10,12-14H,3-4,7,11H2,1-2H3. The Morgan fingerprint density at radius 2 is 1.86 bits per heavy atom. The molecule has 0 radical (unpaired) electrons. The molecule has 0 saturated carbocycles. The van der Waals surface area contributed by atoms with Crippen LogP contribution in [0.4, 0.5) is 0 Å². The van der Waals surface area contributed by atoms with Gasteiger partial charge in [-0.3, -0.25) is 4.79 Å². The molecule has 0 amide bonds. The van der Waals surface area contributed by atoms with Gasteiger partial charge in [-0.25, -0.2) is 0 Å². The predicted octanol–water partition coefficient (Wildman–Crippen LogP) is 5.64. The molecule has 21 heavy (non-hydrogen) atoms. The summed E-state index contributed by atoms with van der Waals surface area (Å²) in [7, 11) is 0. The number of allylic oxidation sites excluding steroid dienone is 1. The van der Waals surface area contributed by atoms with Crippen LogP contribution in [0, 0.1) is 5.92 Å². The second kappa shape index (κ2) is 5.85. The molecule has 1 nitrogen and oxygen atoms in total. The third-order valence-electron chi connectivity index (χ3n) is 4.64. The summed E-state index contributed by atoms with van der Waals surface area (Å²) in [5.74, 6) is 0.975. The number of ketones is 1. The molecular weight excluding hydrogens is 256 g/mol. The second-order valence-corrected chi connectivity index (χ2v) is 6.16. The Hall–Kier alpha value is -1.89. The largest absolute Gasteiger partial charge is 0.289 e. The van der Waals surface area contributed by atoms with Crippen molar-refractivity contribution in [2.45, 2.75) is 39.5 Å². The molecule has 0 aromatic heterocycles. The quantitative estimate of drug-likeness (QED) is 0.692. The Labute approximate surface area is 126 Å². The van der Waals surface area contributed by atoms with E-state index in [1.165, 1.54) is 18.4 Å². The van der Waals surface area contributed by atoms with E-state index in [9.17, 15) is 4.79 Å². The van der Waals surface area contributed by atoms with E-state index >= 15 is 0 Å². The Morgan fingerprint density at radius 1 is 1.10 bits per heavy atom. The van der Waals surface area contributed by atoms with Gasteiger partial charge in [0.25, 0.3) is 0 Å². The van der Waals surface area contributed by atoms with Crippen LogP contribution in [0.2, 0.25) is 0 Å². The number of benzene rings is 2. The van der Waals surface area contributed by atoms with Crippen LogP contribution < -0.4 is 0 Å². The molecule has 0 bridgehead atoms. The predicted molar refractivity (Wildman–Crippen MR) is 89.6 cm³/mol. The van der Waals surface area contributed by atoms with Crippen LogP contribution in [0.1, 0.15) is 55.5 Å². The van der Waals surface area contributed by atoms with Crippen LogP contribution in [0.15, 0.2) is 42.0 Å². The lowest BCUT2D eigenvalue weighted by Crippen LogP contribution is -2.09. The van der Waals surface area contributed by atoms with E-state index in [0.29, 0.717) is 0 Å². The average Bonchev–Trinajstić information content (AvgIpc) is 2.51. The summed E-state index contributed by atoms with van der Waals surface area (Å²) in [5, 5.41) is 2.28. The Kier molecular flexibility index (Phi) is 3.92. The molecule has 3 rings (SSSR count). The number of hydrogen-bond donors (Lipinski definition) is 0. The molecule has 0 spiro atoms. The van der Waals surface area contributed by atoms with Crippen LogP contribution in [0.5, 0.6) is 0 Å². The molecule has 0 fully saturated rings. The van der Waals surface area contributed by atoms with Gasteiger partial charge in [0, 0.05) is 16.5 Å². The molecule has 1 unspecified atom stereocenters. The van der Waals surface area contributed by atoms with Crippen molar-refractivity contribution in [3.63, 3.8) is 0 Å². The van der Waals surface area contributed by atoms with Crippen LogP contribution in [0.3, 0.4) is 0 Å². The highest BCUT2D eigenvalue weighted by Gasteiger charge is 2.21. The summed E-state index contributed by atoms with van der Waals surface area (Å²) >= 11 is 0. The lowest BCUT2D eigenvalue weighted by molar-refractivity contribution is 0.103. The first-order chi connectivity index (χ1) is 10.2. The van der Waals surface area contributed by atoms with Gasteiger partial charge >= 0.3 is 0 Å². The van der Waals surface area contributed by atoms with E-state index in [4.69, 9.17) is 0 Å². The van der Waals surface area contributed by atoms with E-state index < -0.39 is 0 Å². The maximum Gasteiger partial charge on any atom is 0.189 e. The number of carbonyl (C=O) groups excluding carboxylic acids is 1. The van der Waals surface area contributed by atoms with Crippen molar-refractivity contribution < 1.29 is 4.79 Å². The monoisotopic (exact) mass is 278 g/mol. The fourth-order valence-corrected chi connectivity index (χ4v) is 3.14. The molecule has 1 atom stereocenters. The Balaban J connectivity index is 1.89. The molecule has 1 aliphatic carbocycles. The zero-order valence-electron chi connectivity index (χ0n) is 12.9. The minimum Gasteiger partial charge on any atom is -0.289 e. The zero-order valence-corrected chi connectivity index (χ0v) is 12.9. The number of carbonyl (C=O) groups is 1.